The second kappa shape index (κ2) is 8.64. The average molecular weight is 319 g/mol. The Bertz CT molecular complexity index is 513. The number of hydrogen-bond acceptors (Lipinski definition) is 4. The predicted molar refractivity (Wildman–Crippen MR) is 88.3 cm³/mol. The van der Waals surface area contributed by atoms with Crippen LogP contribution in [-0.2, 0) is 9.53 Å². The van der Waals surface area contributed by atoms with E-state index in [0.29, 0.717) is 44.9 Å². The maximum atomic E-state index is 12.4. The Morgan fingerprint density at radius 3 is 2.43 bits per heavy atom. The number of methoxy groups -OCH3 is 1. The van der Waals surface area contributed by atoms with Crippen molar-refractivity contribution in [2.45, 2.75) is 13.0 Å². The standard InChI is InChI=1S/C17H25N3O3/c1-14(13-23-2)18-16(21)12-19-8-10-20(11-9-19)17(22)15-6-4-3-5-7-15/h3-7,14H,8-13H2,1-2H3,(H,18,21). The Kier molecular flexibility index (Phi) is 6.55. The summed E-state index contributed by atoms with van der Waals surface area (Å²) in [5.41, 5.74) is 0.715. The lowest BCUT2D eigenvalue weighted by atomic mass is 10.2. The molecule has 2 amide bonds. The minimum atomic E-state index is -0.00242. The van der Waals surface area contributed by atoms with E-state index in [-0.39, 0.29) is 17.9 Å². The highest BCUT2D eigenvalue weighted by molar-refractivity contribution is 5.94. The molecule has 23 heavy (non-hydrogen) atoms. The summed E-state index contributed by atoms with van der Waals surface area (Å²) in [6.45, 7) is 5.50. The number of nitrogens with one attached hydrogen (secondary N) is 1. The molecule has 6 nitrogen and oxygen atoms in total. The van der Waals surface area contributed by atoms with E-state index in [2.05, 4.69) is 10.2 Å². The molecule has 1 aliphatic heterocycles. The Balaban J connectivity index is 1.75. The van der Waals surface area contributed by atoms with Crippen LogP contribution < -0.4 is 5.32 Å². The lowest BCUT2D eigenvalue weighted by Crippen LogP contribution is -2.52. The van der Waals surface area contributed by atoms with Gasteiger partial charge in [-0.2, -0.15) is 0 Å². The van der Waals surface area contributed by atoms with Crippen molar-refractivity contribution < 1.29 is 14.3 Å². The average Bonchev–Trinajstić information content (AvgIpc) is 2.56. The van der Waals surface area contributed by atoms with E-state index in [4.69, 9.17) is 4.74 Å². The molecule has 1 N–H and O–H groups in total. The summed E-state index contributed by atoms with van der Waals surface area (Å²) in [5.74, 6) is 0.0563. The summed E-state index contributed by atoms with van der Waals surface area (Å²) >= 11 is 0. The molecule has 1 heterocycles. The van der Waals surface area contributed by atoms with Crippen LogP contribution in [-0.4, -0.2) is 74.1 Å². The molecule has 1 aromatic rings. The van der Waals surface area contributed by atoms with Crippen LogP contribution in [0, 0.1) is 0 Å². The van der Waals surface area contributed by atoms with Gasteiger partial charge in [0.1, 0.15) is 0 Å². The van der Waals surface area contributed by atoms with Gasteiger partial charge in [0.05, 0.1) is 13.2 Å². The van der Waals surface area contributed by atoms with Crippen LogP contribution in [0.4, 0.5) is 0 Å². The van der Waals surface area contributed by atoms with Gasteiger partial charge < -0.3 is 15.0 Å². The first-order valence-electron chi connectivity index (χ1n) is 7.95. The van der Waals surface area contributed by atoms with Crippen molar-refractivity contribution in [3.8, 4) is 0 Å². The monoisotopic (exact) mass is 319 g/mol. The maximum absolute atomic E-state index is 12.4. The Morgan fingerprint density at radius 2 is 1.83 bits per heavy atom. The first-order chi connectivity index (χ1) is 11.1. The van der Waals surface area contributed by atoms with Gasteiger partial charge >= 0.3 is 0 Å². The first kappa shape index (κ1) is 17.4. The van der Waals surface area contributed by atoms with E-state index in [1.807, 2.05) is 42.2 Å². The van der Waals surface area contributed by atoms with E-state index in [0.717, 1.165) is 0 Å². The summed E-state index contributed by atoms with van der Waals surface area (Å²) in [4.78, 5) is 28.2. The number of ether oxygens (including phenoxy) is 1. The molecule has 0 bridgehead atoms. The summed E-state index contributed by atoms with van der Waals surface area (Å²) in [5, 5.41) is 2.90. The number of nitrogens with zero attached hydrogens (tertiary/aromatic N) is 2. The molecule has 0 spiro atoms. The van der Waals surface area contributed by atoms with Crippen LogP contribution in [0.5, 0.6) is 0 Å². The maximum Gasteiger partial charge on any atom is 0.253 e. The molecule has 1 aliphatic rings. The van der Waals surface area contributed by atoms with Gasteiger partial charge in [-0.05, 0) is 19.1 Å². The topological polar surface area (TPSA) is 61.9 Å². The van der Waals surface area contributed by atoms with E-state index in [1.54, 1.807) is 7.11 Å². The lowest BCUT2D eigenvalue weighted by Gasteiger charge is -2.34. The third-order valence-electron chi connectivity index (χ3n) is 3.87. The molecular formula is C17H25N3O3. The fraction of sp³-hybridized carbons (Fsp3) is 0.529. The van der Waals surface area contributed by atoms with Crippen molar-refractivity contribution in [3.05, 3.63) is 35.9 Å². The van der Waals surface area contributed by atoms with E-state index < -0.39 is 0 Å². The van der Waals surface area contributed by atoms with Crippen molar-refractivity contribution in [1.29, 1.82) is 0 Å². The highest BCUT2D eigenvalue weighted by Crippen LogP contribution is 2.08. The van der Waals surface area contributed by atoms with Gasteiger partial charge in [0, 0.05) is 44.9 Å². The smallest absolute Gasteiger partial charge is 0.253 e. The molecule has 0 saturated carbocycles. The number of benzene rings is 1. The number of rotatable bonds is 6. The van der Waals surface area contributed by atoms with Crippen molar-refractivity contribution >= 4 is 11.8 Å². The summed E-state index contributed by atoms with van der Waals surface area (Å²) in [6.07, 6.45) is 0. The van der Waals surface area contributed by atoms with Crippen molar-refractivity contribution in [2.75, 3.05) is 46.4 Å². The molecule has 1 fully saturated rings. The highest BCUT2D eigenvalue weighted by Gasteiger charge is 2.23. The van der Waals surface area contributed by atoms with Crippen molar-refractivity contribution in [2.24, 2.45) is 0 Å². The van der Waals surface area contributed by atoms with Gasteiger partial charge in [0.15, 0.2) is 0 Å². The summed E-state index contributed by atoms with van der Waals surface area (Å²) < 4.78 is 5.00. The van der Waals surface area contributed by atoms with E-state index in [9.17, 15) is 9.59 Å². The fourth-order valence-corrected chi connectivity index (χ4v) is 2.69. The number of piperazine rings is 1. The molecule has 1 atom stereocenters. The van der Waals surface area contributed by atoms with Gasteiger partial charge in [-0.1, -0.05) is 18.2 Å². The molecule has 126 valence electrons. The Morgan fingerprint density at radius 1 is 1.17 bits per heavy atom. The van der Waals surface area contributed by atoms with Crippen LogP contribution in [0.3, 0.4) is 0 Å². The van der Waals surface area contributed by atoms with E-state index >= 15 is 0 Å². The second-order valence-electron chi connectivity index (χ2n) is 5.86. The molecule has 0 radical (unpaired) electrons. The SMILES string of the molecule is COCC(C)NC(=O)CN1CCN(C(=O)c2ccccc2)CC1. The van der Waals surface area contributed by atoms with Gasteiger partial charge in [-0.3, -0.25) is 14.5 Å². The van der Waals surface area contributed by atoms with E-state index in [1.165, 1.54) is 0 Å². The molecular weight excluding hydrogens is 294 g/mol. The number of amides is 2. The van der Waals surface area contributed by atoms with Crippen molar-refractivity contribution in [3.63, 3.8) is 0 Å². The number of carbonyl (C=O) groups excluding carboxylic acids is 2. The van der Waals surface area contributed by atoms with Gasteiger partial charge in [-0.25, -0.2) is 0 Å². The van der Waals surface area contributed by atoms with Gasteiger partial charge in [0.2, 0.25) is 5.91 Å². The Hall–Kier alpha value is -1.92. The zero-order chi connectivity index (χ0) is 16.7. The lowest BCUT2D eigenvalue weighted by molar-refractivity contribution is -0.123. The molecule has 2 rings (SSSR count). The molecule has 6 heteroatoms. The van der Waals surface area contributed by atoms with Crippen LogP contribution >= 0.6 is 0 Å². The third kappa shape index (κ3) is 5.33. The van der Waals surface area contributed by atoms with Crippen LogP contribution in [0.1, 0.15) is 17.3 Å². The first-order valence-corrected chi connectivity index (χ1v) is 7.95. The largest absolute Gasteiger partial charge is 0.383 e. The third-order valence-corrected chi connectivity index (χ3v) is 3.87. The minimum absolute atomic E-state index is 0.00242. The highest BCUT2D eigenvalue weighted by atomic mass is 16.5. The number of carbonyl (C=O) groups is 2. The molecule has 0 aliphatic carbocycles. The number of hydrogen-bond donors (Lipinski definition) is 1. The zero-order valence-electron chi connectivity index (χ0n) is 13.8. The summed E-state index contributed by atoms with van der Waals surface area (Å²) in [7, 11) is 1.62. The van der Waals surface area contributed by atoms with Gasteiger partial charge in [0.25, 0.3) is 5.91 Å². The zero-order valence-corrected chi connectivity index (χ0v) is 13.8. The fourth-order valence-electron chi connectivity index (χ4n) is 2.69. The van der Waals surface area contributed by atoms with Crippen LogP contribution in [0.25, 0.3) is 0 Å². The predicted octanol–water partition coefficient (Wildman–Crippen LogP) is 0.596. The molecule has 1 unspecified atom stereocenters. The van der Waals surface area contributed by atoms with Crippen LogP contribution in [0.15, 0.2) is 30.3 Å². The molecule has 1 saturated heterocycles. The molecule has 0 aromatic heterocycles. The van der Waals surface area contributed by atoms with Gasteiger partial charge in [-0.15, -0.1) is 0 Å². The minimum Gasteiger partial charge on any atom is -0.383 e. The van der Waals surface area contributed by atoms with Crippen LogP contribution in [0.2, 0.25) is 0 Å². The quantitative estimate of drug-likeness (QED) is 0.834. The normalized spacial score (nSPS) is 16.9. The summed E-state index contributed by atoms with van der Waals surface area (Å²) in [6, 6.07) is 9.31. The van der Waals surface area contributed by atoms with Crippen molar-refractivity contribution in [1.82, 2.24) is 15.1 Å². The molecule has 1 aromatic carbocycles. The Labute approximate surface area is 137 Å². The second-order valence-corrected chi connectivity index (χ2v) is 5.86.